The molecule has 15 heavy (non-hydrogen) atoms. The van der Waals surface area contributed by atoms with E-state index in [1.165, 1.54) is 0 Å². The van der Waals surface area contributed by atoms with Crippen molar-refractivity contribution in [3.63, 3.8) is 0 Å². The van der Waals surface area contributed by atoms with Gasteiger partial charge in [-0.15, -0.1) is 0 Å². The smallest absolute Gasteiger partial charge is 0.231 e. The van der Waals surface area contributed by atoms with E-state index in [0.29, 0.717) is 11.5 Å². The van der Waals surface area contributed by atoms with Crippen molar-refractivity contribution in [2.75, 3.05) is 13.3 Å². The van der Waals surface area contributed by atoms with E-state index < -0.39 is 0 Å². The topological polar surface area (TPSA) is 50.7 Å². The zero-order valence-electron chi connectivity index (χ0n) is 8.32. The van der Waals surface area contributed by atoms with E-state index in [4.69, 9.17) is 9.47 Å². The van der Waals surface area contributed by atoms with Gasteiger partial charge in [0.1, 0.15) is 5.75 Å². The maximum Gasteiger partial charge on any atom is 0.231 e. The summed E-state index contributed by atoms with van der Waals surface area (Å²) in [6.07, 6.45) is 2.17. The first-order valence-corrected chi connectivity index (χ1v) is 5.21. The molecule has 3 rings (SSSR count). The predicted molar refractivity (Wildman–Crippen MR) is 54.2 cm³/mol. The Labute approximate surface area is 87.8 Å². The molecule has 2 heterocycles. The van der Waals surface area contributed by atoms with Crippen molar-refractivity contribution < 1.29 is 14.6 Å². The average Bonchev–Trinajstić information content (AvgIpc) is 2.85. The van der Waals surface area contributed by atoms with Crippen LogP contribution in [0.1, 0.15) is 24.4 Å². The van der Waals surface area contributed by atoms with Crippen LogP contribution in [0.15, 0.2) is 12.1 Å². The lowest BCUT2D eigenvalue weighted by Gasteiger charge is -2.14. The van der Waals surface area contributed by atoms with Crippen LogP contribution in [-0.4, -0.2) is 18.4 Å². The zero-order chi connectivity index (χ0) is 10.3. The number of phenolic OH excluding ortho intramolecular Hbond substituents is 1. The van der Waals surface area contributed by atoms with Gasteiger partial charge in [-0.1, -0.05) is 0 Å². The average molecular weight is 207 g/mol. The highest BCUT2D eigenvalue weighted by atomic mass is 16.7. The molecule has 1 atom stereocenters. The Bertz CT molecular complexity index is 386. The minimum absolute atomic E-state index is 0.196. The number of hydrogen-bond acceptors (Lipinski definition) is 4. The van der Waals surface area contributed by atoms with Gasteiger partial charge in [0.25, 0.3) is 0 Å². The first-order chi connectivity index (χ1) is 7.36. The molecule has 1 unspecified atom stereocenters. The van der Waals surface area contributed by atoms with Crippen molar-refractivity contribution >= 4 is 0 Å². The maximum atomic E-state index is 9.86. The molecule has 80 valence electrons. The Morgan fingerprint density at radius 1 is 1.33 bits per heavy atom. The maximum absolute atomic E-state index is 9.86. The second-order valence-corrected chi connectivity index (χ2v) is 3.88. The van der Waals surface area contributed by atoms with Crippen molar-refractivity contribution in [3.8, 4) is 17.2 Å². The third-order valence-electron chi connectivity index (χ3n) is 2.96. The van der Waals surface area contributed by atoms with Gasteiger partial charge in [0.05, 0.1) is 5.56 Å². The molecule has 2 aliphatic rings. The molecular weight excluding hydrogens is 194 g/mol. The minimum atomic E-state index is 0.196. The van der Waals surface area contributed by atoms with Gasteiger partial charge in [-0.25, -0.2) is 0 Å². The van der Waals surface area contributed by atoms with Crippen molar-refractivity contribution in [1.82, 2.24) is 5.32 Å². The number of hydrogen-bond donors (Lipinski definition) is 2. The second kappa shape index (κ2) is 3.31. The second-order valence-electron chi connectivity index (χ2n) is 3.88. The third kappa shape index (κ3) is 1.33. The predicted octanol–water partition coefficient (Wildman–Crippen LogP) is 1.55. The van der Waals surface area contributed by atoms with Crippen LogP contribution >= 0.6 is 0 Å². The fourth-order valence-corrected chi connectivity index (χ4v) is 2.25. The Kier molecular flexibility index (Phi) is 1.95. The van der Waals surface area contributed by atoms with E-state index in [-0.39, 0.29) is 12.8 Å². The molecule has 0 saturated carbocycles. The van der Waals surface area contributed by atoms with Crippen LogP contribution in [0.4, 0.5) is 0 Å². The molecule has 0 spiro atoms. The molecule has 1 aromatic carbocycles. The normalized spacial score (nSPS) is 23.3. The summed E-state index contributed by atoms with van der Waals surface area (Å²) in [6.45, 7) is 1.24. The van der Waals surface area contributed by atoms with Crippen LogP contribution in [0.25, 0.3) is 0 Å². The summed E-state index contributed by atoms with van der Waals surface area (Å²) in [5, 5.41) is 13.2. The standard InChI is InChI=1S/C11H13NO3/c13-8-3-4-9-11(15-6-14-9)10(8)7-2-1-5-12-7/h3-4,7,12-13H,1-2,5-6H2. The van der Waals surface area contributed by atoms with Gasteiger partial charge >= 0.3 is 0 Å². The monoisotopic (exact) mass is 207 g/mol. The third-order valence-corrected chi connectivity index (χ3v) is 2.96. The van der Waals surface area contributed by atoms with E-state index in [1.54, 1.807) is 12.1 Å². The van der Waals surface area contributed by atoms with Crippen LogP contribution < -0.4 is 14.8 Å². The molecule has 0 bridgehead atoms. The van der Waals surface area contributed by atoms with E-state index in [0.717, 1.165) is 30.7 Å². The summed E-state index contributed by atoms with van der Waals surface area (Å²) in [4.78, 5) is 0. The van der Waals surface area contributed by atoms with Gasteiger partial charge in [0.2, 0.25) is 6.79 Å². The number of ether oxygens (including phenoxy) is 2. The molecule has 4 heteroatoms. The summed E-state index contributed by atoms with van der Waals surface area (Å²) < 4.78 is 10.7. The minimum Gasteiger partial charge on any atom is -0.507 e. The molecule has 0 amide bonds. The molecular formula is C11H13NO3. The van der Waals surface area contributed by atoms with Gasteiger partial charge in [0, 0.05) is 6.04 Å². The number of phenols is 1. The molecule has 1 fully saturated rings. The molecule has 2 aliphatic heterocycles. The lowest BCUT2D eigenvalue weighted by molar-refractivity contribution is 0.172. The SMILES string of the molecule is Oc1ccc2c(c1C1CCCN1)OCO2. The fourth-order valence-electron chi connectivity index (χ4n) is 2.25. The lowest BCUT2D eigenvalue weighted by atomic mass is 10.0. The Balaban J connectivity index is 2.08. The molecule has 0 radical (unpaired) electrons. The Hall–Kier alpha value is -1.42. The van der Waals surface area contributed by atoms with E-state index in [2.05, 4.69) is 5.32 Å². The van der Waals surface area contributed by atoms with Gasteiger partial charge in [-0.2, -0.15) is 0 Å². The molecule has 0 aromatic heterocycles. The molecule has 2 N–H and O–H groups in total. The highest BCUT2D eigenvalue weighted by Crippen LogP contribution is 2.45. The van der Waals surface area contributed by atoms with Gasteiger partial charge in [-0.3, -0.25) is 0 Å². The zero-order valence-corrected chi connectivity index (χ0v) is 8.32. The summed E-state index contributed by atoms with van der Waals surface area (Å²) in [7, 11) is 0. The van der Waals surface area contributed by atoms with Crippen LogP contribution in [-0.2, 0) is 0 Å². The van der Waals surface area contributed by atoms with Crippen molar-refractivity contribution in [2.45, 2.75) is 18.9 Å². The van der Waals surface area contributed by atoms with Gasteiger partial charge in [-0.05, 0) is 31.5 Å². The molecule has 1 saturated heterocycles. The van der Waals surface area contributed by atoms with E-state index in [1.807, 2.05) is 0 Å². The molecule has 1 aromatic rings. The summed E-state index contributed by atoms with van der Waals surface area (Å²) >= 11 is 0. The summed E-state index contributed by atoms with van der Waals surface area (Å²) in [6, 6.07) is 3.61. The van der Waals surface area contributed by atoms with Crippen LogP contribution in [0.5, 0.6) is 17.2 Å². The molecule has 4 nitrogen and oxygen atoms in total. The quantitative estimate of drug-likeness (QED) is 0.733. The Morgan fingerprint density at radius 2 is 2.27 bits per heavy atom. The van der Waals surface area contributed by atoms with Crippen LogP contribution in [0.2, 0.25) is 0 Å². The largest absolute Gasteiger partial charge is 0.507 e. The first kappa shape index (κ1) is 8.85. The first-order valence-electron chi connectivity index (χ1n) is 5.21. The van der Waals surface area contributed by atoms with Crippen molar-refractivity contribution in [2.24, 2.45) is 0 Å². The Morgan fingerprint density at radius 3 is 3.07 bits per heavy atom. The highest BCUT2D eigenvalue weighted by Gasteiger charge is 2.28. The van der Waals surface area contributed by atoms with Crippen LogP contribution in [0, 0.1) is 0 Å². The lowest BCUT2D eigenvalue weighted by Crippen LogP contribution is -2.13. The number of benzene rings is 1. The fraction of sp³-hybridized carbons (Fsp3) is 0.455. The number of rotatable bonds is 1. The number of aromatic hydroxyl groups is 1. The van der Waals surface area contributed by atoms with Gasteiger partial charge in [0.15, 0.2) is 11.5 Å². The number of fused-ring (bicyclic) bond motifs is 1. The highest BCUT2D eigenvalue weighted by molar-refractivity contribution is 5.56. The van der Waals surface area contributed by atoms with E-state index in [9.17, 15) is 5.11 Å². The number of nitrogens with one attached hydrogen (secondary N) is 1. The van der Waals surface area contributed by atoms with E-state index >= 15 is 0 Å². The van der Waals surface area contributed by atoms with Gasteiger partial charge < -0.3 is 19.9 Å². The van der Waals surface area contributed by atoms with Crippen molar-refractivity contribution in [1.29, 1.82) is 0 Å². The summed E-state index contributed by atoms with van der Waals surface area (Å²) in [5.74, 6) is 1.73. The van der Waals surface area contributed by atoms with Crippen molar-refractivity contribution in [3.05, 3.63) is 17.7 Å². The van der Waals surface area contributed by atoms with Crippen LogP contribution in [0.3, 0.4) is 0 Å². The molecule has 0 aliphatic carbocycles. The summed E-state index contributed by atoms with van der Waals surface area (Å²) in [5.41, 5.74) is 0.850.